The van der Waals surface area contributed by atoms with Crippen molar-refractivity contribution in [1.29, 1.82) is 0 Å². The minimum absolute atomic E-state index is 0.237. The third-order valence-electron chi connectivity index (χ3n) is 3.12. The molecule has 0 bridgehead atoms. The van der Waals surface area contributed by atoms with Gasteiger partial charge in [-0.3, -0.25) is 10.1 Å². The molecule has 0 aromatic heterocycles. The van der Waals surface area contributed by atoms with Crippen molar-refractivity contribution in [1.82, 2.24) is 5.32 Å². The van der Waals surface area contributed by atoms with Gasteiger partial charge in [-0.15, -0.1) is 11.8 Å². The Morgan fingerprint density at radius 1 is 1.50 bits per heavy atom. The van der Waals surface area contributed by atoms with Crippen molar-refractivity contribution in [3.63, 3.8) is 0 Å². The molecule has 14 heavy (non-hydrogen) atoms. The van der Waals surface area contributed by atoms with E-state index in [-0.39, 0.29) is 11.3 Å². The Hall–Kier alpha value is -0.800. The fourth-order valence-electron chi connectivity index (χ4n) is 2.05. The van der Waals surface area contributed by atoms with Gasteiger partial charge in [-0.05, 0) is 13.0 Å². The molecule has 1 N–H and O–H groups in total. The number of thioether (sulfide) groups is 1. The Bertz CT molecular complexity index is 418. The number of fused-ring (bicyclic) bond motifs is 1. The molecular formula is C11H11NOS. The quantitative estimate of drug-likeness (QED) is 0.655. The van der Waals surface area contributed by atoms with Gasteiger partial charge >= 0.3 is 0 Å². The standard InChI is InChI=1S/C11H11NOS/c1-7-11(12-7)6-14-9-5-3-2-4-8(9)10(11)13/h2-5,7,12H,6H2,1H3/t7-,11+/m1/s1. The summed E-state index contributed by atoms with van der Waals surface area (Å²) < 4.78 is 0. The Morgan fingerprint density at radius 3 is 2.93 bits per heavy atom. The highest BCUT2D eigenvalue weighted by molar-refractivity contribution is 7.99. The lowest BCUT2D eigenvalue weighted by Crippen LogP contribution is -2.35. The highest BCUT2D eigenvalue weighted by Gasteiger charge is 2.58. The topological polar surface area (TPSA) is 39.0 Å². The van der Waals surface area contributed by atoms with Crippen molar-refractivity contribution >= 4 is 17.5 Å². The molecule has 2 nitrogen and oxygen atoms in total. The molecule has 0 unspecified atom stereocenters. The van der Waals surface area contributed by atoms with Gasteiger partial charge in [0.25, 0.3) is 0 Å². The predicted octanol–water partition coefficient (Wildman–Crippen LogP) is 1.71. The number of carbonyl (C=O) groups excluding carboxylic acids is 1. The number of nitrogens with one attached hydrogen (secondary N) is 1. The molecule has 1 aromatic carbocycles. The molecule has 0 radical (unpaired) electrons. The second kappa shape index (κ2) is 2.61. The highest BCUT2D eigenvalue weighted by atomic mass is 32.2. The van der Waals surface area contributed by atoms with Crippen LogP contribution in [0.25, 0.3) is 0 Å². The van der Waals surface area contributed by atoms with Crippen LogP contribution in [0.4, 0.5) is 0 Å². The van der Waals surface area contributed by atoms with Gasteiger partial charge in [-0.2, -0.15) is 0 Å². The minimum Gasteiger partial charge on any atom is -0.298 e. The van der Waals surface area contributed by atoms with Crippen molar-refractivity contribution in [3.05, 3.63) is 29.8 Å². The minimum atomic E-state index is -0.237. The maximum Gasteiger partial charge on any atom is 0.186 e. The molecule has 72 valence electrons. The summed E-state index contributed by atoms with van der Waals surface area (Å²) in [6.07, 6.45) is 0. The number of Topliss-reactive ketones (excluding diaryl/α,β-unsaturated/α-hetero) is 1. The summed E-state index contributed by atoms with van der Waals surface area (Å²) in [4.78, 5) is 13.3. The van der Waals surface area contributed by atoms with E-state index in [1.807, 2.05) is 24.3 Å². The monoisotopic (exact) mass is 205 g/mol. The van der Waals surface area contributed by atoms with Gasteiger partial charge in [-0.1, -0.05) is 18.2 Å². The lowest BCUT2D eigenvalue weighted by molar-refractivity contribution is 0.0946. The summed E-state index contributed by atoms with van der Waals surface area (Å²) >= 11 is 1.78. The average Bonchev–Trinajstić information content (AvgIpc) is 2.86. The Labute approximate surface area is 87.1 Å². The number of benzene rings is 1. The van der Waals surface area contributed by atoms with E-state index in [1.165, 1.54) is 0 Å². The van der Waals surface area contributed by atoms with Gasteiger partial charge < -0.3 is 0 Å². The van der Waals surface area contributed by atoms with Crippen LogP contribution in [-0.2, 0) is 0 Å². The fraction of sp³-hybridized carbons (Fsp3) is 0.364. The van der Waals surface area contributed by atoms with Crippen LogP contribution in [0, 0.1) is 0 Å². The van der Waals surface area contributed by atoms with Gasteiger partial charge in [0.15, 0.2) is 5.78 Å². The summed E-state index contributed by atoms with van der Waals surface area (Å²) in [7, 11) is 0. The summed E-state index contributed by atoms with van der Waals surface area (Å²) in [6.45, 7) is 2.08. The van der Waals surface area contributed by atoms with Crippen LogP contribution in [0.3, 0.4) is 0 Å². The molecule has 3 rings (SSSR count). The lowest BCUT2D eigenvalue weighted by atomic mass is 9.95. The van der Waals surface area contributed by atoms with E-state index in [1.54, 1.807) is 11.8 Å². The molecule has 2 atom stereocenters. The first-order valence-electron chi connectivity index (χ1n) is 4.78. The van der Waals surface area contributed by atoms with Crippen molar-refractivity contribution in [2.24, 2.45) is 0 Å². The zero-order chi connectivity index (χ0) is 9.76. The Balaban J connectivity index is 2.09. The van der Waals surface area contributed by atoms with Crippen molar-refractivity contribution in [2.45, 2.75) is 23.4 Å². The third-order valence-corrected chi connectivity index (χ3v) is 4.39. The normalized spacial score (nSPS) is 34.4. The fourth-order valence-corrected chi connectivity index (χ4v) is 3.39. The van der Waals surface area contributed by atoms with Crippen LogP contribution in [0.1, 0.15) is 17.3 Å². The number of ketones is 1. The van der Waals surface area contributed by atoms with Crippen LogP contribution >= 0.6 is 11.8 Å². The van der Waals surface area contributed by atoms with Crippen molar-refractivity contribution in [3.8, 4) is 0 Å². The predicted molar refractivity (Wildman–Crippen MR) is 56.8 cm³/mol. The van der Waals surface area contributed by atoms with Crippen LogP contribution in [-0.4, -0.2) is 23.1 Å². The lowest BCUT2D eigenvalue weighted by Gasteiger charge is -2.21. The van der Waals surface area contributed by atoms with Gasteiger partial charge in [0.1, 0.15) is 5.54 Å². The van der Waals surface area contributed by atoms with E-state index in [4.69, 9.17) is 0 Å². The first-order valence-corrected chi connectivity index (χ1v) is 5.77. The van der Waals surface area contributed by atoms with E-state index in [9.17, 15) is 4.79 Å². The molecule has 2 aliphatic rings. The third kappa shape index (κ3) is 0.940. The molecule has 3 heteroatoms. The molecule has 0 amide bonds. The molecule has 1 spiro atoms. The number of carbonyl (C=O) groups is 1. The van der Waals surface area contributed by atoms with Gasteiger partial charge in [-0.25, -0.2) is 0 Å². The maximum atomic E-state index is 12.1. The molecule has 2 heterocycles. The summed E-state index contributed by atoms with van der Waals surface area (Å²) in [5.41, 5.74) is 0.652. The van der Waals surface area contributed by atoms with Gasteiger partial charge in [0.05, 0.1) is 0 Å². The highest BCUT2D eigenvalue weighted by Crippen LogP contribution is 2.42. The molecule has 0 aliphatic carbocycles. The first-order chi connectivity index (χ1) is 6.74. The molecule has 1 aromatic rings. The SMILES string of the molecule is C[C@H]1N[C@@]12CSc1ccccc1C2=O. The molecule has 1 saturated heterocycles. The number of rotatable bonds is 0. The van der Waals surface area contributed by atoms with Crippen molar-refractivity contribution < 1.29 is 4.79 Å². The van der Waals surface area contributed by atoms with Gasteiger partial charge in [0.2, 0.25) is 0 Å². The van der Waals surface area contributed by atoms with Crippen molar-refractivity contribution in [2.75, 3.05) is 5.75 Å². The van der Waals surface area contributed by atoms with Crippen LogP contribution < -0.4 is 5.32 Å². The van der Waals surface area contributed by atoms with Crippen LogP contribution in [0.5, 0.6) is 0 Å². The molecule has 0 saturated carbocycles. The van der Waals surface area contributed by atoms with E-state index >= 15 is 0 Å². The maximum absolute atomic E-state index is 12.1. The smallest absolute Gasteiger partial charge is 0.186 e. The number of hydrogen-bond acceptors (Lipinski definition) is 3. The zero-order valence-electron chi connectivity index (χ0n) is 7.91. The van der Waals surface area contributed by atoms with E-state index in [2.05, 4.69) is 12.2 Å². The second-order valence-electron chi connectivity index (χ2n) is 3.95. The number of hydrogen-bond donors (Lipinski definition) is 1. The van der Waals surface area contributed by atoms with Gasteiger partial charge in [0, 0.05) is 22.3 Å². The largest absolute Gasteiger partial charge is 0.298 e. The summed E-state index contributed by atoms with van der Waals surface area (Å²) in [5.74, 6) is 1.16. The van der Waals surface area contributed by atoms with E-state index in [0.29, 0.717) is 6.04 Å². The molecular weight excluding hydrogens is 194 g/mol. The zero-order valence-corrected chi connectivity index (χ0v) is 8.73. The Morgan fingerprint density at radius 2 is 2.21 bits per heavy atom. The Kier molecular flexibility index (Phi) is 1.59. The first kappa shape index (κ1) is 8.50. The molecule has 2 aliphatic heterocycles. The average molecular weight is 205 g/mol. The second-order valence-corrected chi connectivity index (χ2v) is 4.97. The summed E-state index contributed by atoms with van der Waals surface area (Å²) in [5, 5.41) is 3.27. The van der Waals surface area contributed by atoms with Crippen LogP contribution in [0.15, 0.2) is 29.2 Å². The van der Waals surface area contributed by atoms with E-state index < -0.39 is 0 Å². The molecule has 1 fully saturated rings. The van der Waals surface area contributed by atoms with E-state index in [0.717, 1.165) is 16.2 Å². The summed E-state index contributed by atoms with van der Waals surface area (Å²) in [6, 6.07) is 8.22. The van der Waals surface area contributed by atoms with Crippen LogP contribution in [0.2, 0.25) is 0 Å².